The molecule has 8 nitrogen and oxygen atoms in total. The number of halogens is 1. The summed E-state index contributed by atoms with van der Waals surface area (Å²) in [6.45, 7) is 4.53. The molecule has 2 rings (SSSR count). The van der Waals surface area contributed by atoms with Gasteiger partial charge in [-0.25, -0.2) is 0 Å². The van der Waals surface area contributed by atoms with Crippen LogP contribution >= 0.6 is 15.9 Å². The van der Waals surface area contributed by atoms with E-state index in [1.165, 1.54) is 19.2 Å². The molecule has 0 heterocycles. The second-order valence-corrected chi connectivity index (χ2v) is 8.06. The molecular weight excluding hydrogens is 456 g/mol. The molecule has 0 aromatic heterocycles. The Balaban J connectivity index is 2.09. The molecule has 30 heavy (non-hydrogen) atoms. The van der Waals surface area contributed by atoms with Crippen LogP contribution in [0.25, 0.3) is 0 Å². The number of nitrogens with zero attached hydrogens (tertiary/aromatic N) is 1. The van der Waals surface area contributed by atoms with Gasteiger partial charge in [0.25, 0.3) is 5.69 Å². The van der Waals surface area contributed by atoms with Crippen LogP contribution in [0.2, 0.25) is 0 Å². The smallest absolute Gasteiger partial charge is 0.320 e. The first kappa shape index (κ1) is 23.6. The van der Waals surface area contributed by atoms with E-state index in [1.807, 2.05) is 13.8 Å². The number of ether oxygens (including phenoxy) is 2. The van der Waals surface area contributed by atoms with Crippen LogP contribution in [0, 0.1) is 16.0 Å². The monoisotopic (exact) mass is 480 g/mol. The van der Waals surface area contributed by atoms with Gasteiger partial charge in [0.05, 0.1) is 12.0 Å². The van der Waals surface area contributed by atoms with Crippen LogP contribution in [0.4, 0.5) is 5.69 Å². The van der Waals surface area contributed by atoms with E-state index in [-0.39, 0.29) is 18.2 Å². The molecule has 0 radical (unpaired) electrons. The van der Waals surface area contributed by atoms with Crippen LogP contribution in [0.3, 0.4) is 0 Å². The Bertz CT molecular complexity index is 886. The number of hydrogen-bond acceptors (Lipinski definition) is 6. The lowest BCUT2D eigenvalue weighted by atomic mass is 10.0. The minimum Gasteiger partial charge on any atom is -0.493 e. The number of methoxy groups -OCH3 is 1. The molecule has 1 unspecified atom stereocenters. The molecule has 0 aliphatic heterocycles. The van der Waals surface area contributed by atoms with Gasteiger partial charge < -0.3 is 19.9 Å². The van der Waals surface area contributed by atoms with Crippen molar-refractivity contribution in [2.45, 2.75) is 39.5 Å². The molecular formula is C21H25BrN2O6. The highest BCUT2D eigenvalue weighted by Gasteiger charge is 2.19. The number of nitro benzene ring substituents is 1. The minimum atomic E-state index is -0.880. The number of rotatable bonds is 11. The summed E-state index contributed by atoms with van der Waals surface area (Å²) in [6, 6.07) is 9.04. The molecule has 0 amide bonds. The topological polar surface area (TPSA) is 111 Å². The predicted molar refractivity (Wildman–Crippen MR) is 116 cm³/mol. The Morgan fingerprint density at radius 3 is 2.43 bits per heavy atom. The standard InChI is InChI=1S/C21H25BrN2O6/c1-13(2)8-18(21(25)26)23-11-15-9-19(29-3)20(10-17(15)22)30-12-14-4-6-16(7-5-14)24(27)28/h4-7,9-10,13,18,23H,8,11-12H2,1-3H3,(H,25,26). The summed E-state index contributed by atoms with van der Waals surface area (Å²) in [5, 5.41) is 23.2. The third-order valence-electron chi connectivity index (χ3n) is 4.42. The third kappa shape index (κ3) is 6.70. The molecule has 162 valence electrons. The van der Waals surface area contributed by atoms with E-state index >= 15 is 0 Å². The first-order valence-corrected chi connectivity index (χ1v) is 10.2. The van der Waals surface area contributed by atoms with E-state index in [4.69, 9.17) is 9.47 Å². The van der Waals surface area contributed by atoms with E-state index in [0.717, 1.165) is 15.6 Å². The van der Waals surface area contributed by atoms with Crippen molar-refractivity contribution in [3.8, 4) is 11.5 Å². The normalized spacial score (nSPS) is 11.9. The van der Waals surface area contributed by atoms with Crippen LogP contribution in [-0.2, 0) is 17.9 Å². The van der Waals surface area contributed by atoms with Gasteiger partial charge in [-0.3, -0.25) is 14.9 Å². The number of nitro groups is 1. The lowest BCUT2D eigenvalue weighted by molar-refractivity contribution is -0.384. The van der Waals surface area contributed by atoms with Crippen LogP contribution < -0.4 is 14.8 Å². The summed E-state index contributed by atoms with van der Waals surface area (Å²) >= 11 is 3.50. The Morgan fingerprint density at radius 1 is 1.23 bits per heavy atom. The molecule has 0 saturated carbocycles. The summed E-state index contributed by atoms with van der Waals surface area (Å²) in [4.78, 5) is 21.7. The van der Waals surface area contributed by atoms with Crippen LogP contribution in [-0.4, -0.2) is 29.2 Å². The summed E-state index contributed by atoms with van der Waals surface area (Å²) in [6.07, 6.45) is 0.528. The van der Waals surface area contributed by atoms with Crippen molar-refractivity contribution in [3.05, 3.63) is 62.1 Å². The van der Waals surface area contributed by atoms with Gasteiger partial charge in [-0.2, -0.15) is 0 Å². The third-order valence-corrected chi connectivity index (χ3v) is 5.16. The molecule has 0 aliphatic rings. The van der Waals surface area contributed by atoms with Crippen molar-refractivity contribution in [1.82, 2.24) is 5.32 Å². The van der Waals surface area contributed by atoms with Crippen LogP contribution in [0.1, 0.15) is 31.4 Å². The maximum atomic E-state index is 11.4. The van der Waals surface area contributed by atoms with E-state index in [9.17, 15) is 20.0 Å². The van der Waals surface area contributed by atoms with Gasteiger partial charge in [0, 0.05) is 23.2 Å². The van der Waals surface area contributed by atoms with Crippen LogP contribution in [0.5, 0.6) is 11.5 Å². The number of carboxylic acids is 1. The average Bonchev–Trinajstić information content (AvgIpc) is 2.70. The molecule has 2 aromatic carbocycles. The zero-order chi connectivity index (χ0) is 22.3. The highest BCUT2D eigenvalue weighted by Crippen LogP contribution is 2.34. The number of hydrogen-bond donors (Lipinski definition) is 2. The second kappa shape index (κ2) is 10.9. The summed E-state index contributed by atoms with van der Waals surface area (Å²) in [5.41, 5.74) is 1.64. The van der Waals surface area contributed by atoms with Gasteiger partial charge in [-0.1, -0.05) is 29.8 Å². The fourth-order valence-corrected chi connectivity index (χ4v) is 3.30. The molecule has 0 aliphatic carbocycles. The molecule has 2 N–H and O–H groups in total. The maximum absolute atomic E-state index is 11.4. The SMILES string of the molecule is COc1cc(CNC(CC(C)C)C(=O)O)c(Br)cc1OCc1ccc([N+](=O)[O-])cc1. The van der Waals surface area contributed by atoms with Crippen molar-refractivity contribution in [2.24, 2.45) is 5.92 Å². The summed E-state index contributed by atoms with van der Waals surface area (Å²) in [7, 11) is 1.53. The number of nitrogens with one attached hydrogen (secondary N) is 1. The highest BCUT2D eigenvalue weighted by molar-refractivity contribution is 9.10. The molecule has 9 heteroatoms. The number of carboxylic acid groups (broad SMARTS) is 1. The van der Waals surface area contributed by atoms with Gasteiger partial charge in [0.2, 0.25) is 0 Å². The largest absolute Gasteiger partial charge is 0.493 e. The van der Waals surface area contributed by atoms with Gasteiger partial charge >= 0.3 is 5.97 Å². The average molecular weight is 481 g/mol. The Morgan fingerprint density at radius 2 is 1.90 bits per heavy atom. The number of benzene rings is 2. The zero-order valence-corrected chi connectivity index (χ0v) is 18.6. The van der Waals surface area contributed by atoms with Crippen molar-refractivity contribution in [3.63, 3.8) is 0 Å². The highest BCUT2D eigenvalue weighted by atomic mass is 79.9. The zero-order valence-electron chi connectivity index (χ0n) is 17.1. The Hall–Kier alpha value is -2.65. The Labute approximate surface area is 183 Å². The van der Waals surface area contributed by atoms with Gasteiger partial charge in [-0.15, -0.1) is 0 Å². The predicted octanol–water partition coefficient (Wildman–Crippen LogP) is 4.53. The summed E-state index contributed by atoms with van der Waals surface area (Å²) in [5.74, 6) is 0.387. The quantitative estimate of drug-likeness (QED) is 0.358. The van der Waals surface area contributed by atoms with Crippen LogP contribution in [0.15, 0.2) is 40.9 Å². The van der Waals surface area contributed by atoms with Crippen molar-refractivity contribution in [1.29, 1.82) is 0 Å². The van der Waals surface area contributed by atoms with E-state index < -0.39 is 16.9 Å². The molecule has 0 fully saturated rings. The van der Waals surface area contributed by atoms with E-state index in [1.54, 1.807) is 24.3 Å². The number of carbonyl (C=O) groups is 1. The Kier molecular flexibility index (Phi) is 8.61. The van der Waals surface area contributed by atoms with E-state index in [2.05, 4.69) is 21.2 Å². The fourth-order valence-electron chi connectivity index (χ4n) is 2.84. The molecule has 0 saturated heterocycles. The van der Waals surface area contributed by atoms with Gasteiger partial charge in [-0.05, 0) is 47.7 Å². The molecule has 0 bridgehead atoms. The molecule has 1 atom stereocenters. The van der Waals surface area contributed by atoms with Crippen molar-refractivity contribution < 1.29 is 24.3 Å². The molecule has 0 spiro atoms. The number of non-ortho nitro benzene ring substituents is 1. The van der Waals surface area contributed by atoms with Gasteiger partial charge in [0.15, 0.2) is 11.5 Å². The first-order chi connectivity index (χ1) is 14.2. The summed E-state index contributed by atoms with van der Waals surface area (Å²) < 4.78 is 12.0. The van der Waals surface area contributed by atoms with Crippen molar-refractivity contribution >= 4 is 27.6 Å². The first-order valence-electron chi connectivity index (χ1n) is 9.40. The maximum Gasteiger partial charge on any atom is 0.320 e. The molecule has 2 aromatic rings. The lowest BCUT2D eigenvalue weighted by Gasteiger charge is -2.18. The second-order valence-electron chi connectivity index (χ2n) is 7.21. The number of aliphatic carboxylic acids is 1. The fraction of sp³-hybridized carbons (Fsp3) is 0.381. The van der Waals surface area contributed by atoms with Gasteiger partial charge in [0.1, 0.15) is 12.6 Å². The lowest BCUT2D eigenvalue weighted by Crippen LogP contribution is -2.37. The van der Waals surface area contributed by atoms with Crippen molar-refractivity contribution in [2.75, 3.05) is 7.11 Å². The van der Waals surface area contributed by atoms with E-state index in [0.29, 0.717) is 24.5 Å². The minimum absolute atomic E-state index is 0.0214.